The lowest BCUT2D eigenvalue weighted by Crippen LogP contribution is -2.52. The van der Waals surface area contributed by atoms with Crippen LogP contribution in [0.15, 0.2) is 24.4 Å². The van der Waals surface area contributed by atoms with Gasteiger partial charge in [0.15, 0.2) is 0 Å². The maximum Gasteiger partial charge on any atom is 0.317 e. The number of aromatic nitrogens is 1. The zero-order valence-corrected chi connectivity index (χ0v) is 23.2. The summed E-state index contributed by atoms with van der Waals surface area (Å²) in [6.07, 6.45) is 10.0. The molecule has 206 valence electrons. The number of carbonyl (C=O) groups excluding carboxylic acids is 2. The van der Waals surface area contributed by atoms with Gasteiger partial charge in [0.2, 0.25) is 0 Å². The van der Waals surface area contributed by atoms with Crippen LogP contribution < -0.4 is 10.2 Å². The Balaban J connectivity index is 1.31. The lowest BCUT2D eigenvalue weighted by molar-refractivity contribution is -0.156. The Morgan fingerprint density at radius 1 is 1.00 bits per heavy atom. The first-order chi connectivity index (χ1) is 17.8. The van der Waals surface area contributed by atoms with E-state index in [-0.39, 0.29) is 17.9 Å². The van der Waals surface area contributed by atoms with E-state index in [9.17, 15) is 9.59 Å². The average Bonchev–Trinajstić information content (AvgIpc) is 2.88. The molecular formula is C29H47N5O3. The minimum atomic E-state index is -0.472. The van der Waals surface area contributed by atoms with Crippen LogP contribution in [0.2, 0.25) is 0 Å². The van der Waals surface area contributed by atoms with Crippen LogP contribution in [0.5, 0.6) is 0 Å². The molecule has 8 heteroatoms. The van der Waals surface area contributed by atoms with Gasteiger partial charge in [0.1, 0.15) is 11.4 Å². The summed E-state index contributed by atoms with van der Waals surface area (Å²) in [7, 11) is 0. The first-order valence-electron chi connectivity index (χ1n) is 14.4. The molecule has 0 aromatic carbocycles. The molecular weight excluding hydrogens is 466 g/mol. The molecule has 37 heavy (non-hydrogen) atoms. The molecule has 1 aromatic rings. The second kappa shape index (κ2) is 12.9. The third-order valence-electron chi connectivity index (χ3n) is 8.12. The minimum absolute atomic E-state index is 0.0802. The third kappa shape index (κ3) is 8.59. The molecule has 1 aliphatic carbocycles. The van der Waals surface area contributed by atoms with Gasteiger partial charge in [0, 0.05) is 57.9 Å². The van der Waals surface area contributed by atoms with E-state index in [0.29, 0.717) is 24.9 Å². The Morgan fingerprint density at radius 2 is 1.76 bits per heavy atom. The first kappa shape index (κ1) is 27.7. The van der Waals surface area contributed by atoms with Crippen molar-refractivity contribution in [3.05, 3.63) is 24.4 Å². The largest absolute Gasteiger partial charge is 0.460 e. The molecule has 3 aliphatic rings. The number of nitrogens with zero attached hydrogens (tertiary/aromatic N) is 4. The van der Waals surface area contributed by atoms with Gasteiger partial charge in [-0.15, -0.1) is 0 Å². The molecule has 2 atom stereocenters. The number of rotatable bonds is 7. The molecule has 2 saturated heterocycles. The standard InChI is InChI=1S/C29H47N5O3/c1-29(2,3)37-27(35)21-23-13-16-34(28(36)31-25-9-5-4-6-10-25)22-24(23)12-15-32-17-19-33(20-18-32)26-11-7-8-14-30-26/h7-8,11,14,23-25H,4-6,9-10,12-13,15-22H2,1-3H3,(H,31,36)/t23-,24-/m0/s1. The van der Waals surface area contributed by atoms with Gasteiger partial charge in [-0.3, -0.25) is 9.69 Å². The number of anilines is 1. The fourth-order valence-corrected chi connectivity index (χ4v) is 6.06. The van der Waals surface area contributed by atoms with Crippen LogP contribution in [0.25, 0.3) is 0 Å². The van der Waals surface area contributed by atoms with E-state index in [0.717, 1.165) is 70.8 Å². The molecule has 1 aromatic heterocycles. The van der Waals surface area contributed by atoms with Crippen LogP contribution in [0.4, 0.5) is 10.6 Å². The summed E-state index contributed by atoms with van der Waals surface area (Å²) in [5, 5.41) is 3.30. The van der Waals surface area contributed by atoms with Crippen molar-refractivity contribution in [1.29, 1.82) is 0 Å². The molecule has 4 rings (SSSR count). The van der Waals surface area contributed by atoms with E-state index in [1.807, 2.05) is 44.0 Å². The molecule has 8 nitrogen and oxygen atoms in total. The van der Waals surface area contributed by atoms with Crippen molar-refractivity contribution in [3.63, 3.8) is 0 Å². The minimum Gasteiger partial charge on any atom is -0.460 e. The predicted molar refractivity (Wildman–Crippen MR) is 147 cm³/mol. The van der Waals surface area contributed by atoms with Crippen molar-refractivity contribution in [2.24, 2.45) is 11.8 Å². The number of ether oxygens (including phenoxy) is 1. The van der Waals surface area contributed by atoms with Crippen LogP contribution in [0, 0.1) is 11.8 Å². The Bertz CT molecular complexity index is 860. The predicted octanol–water partition coefficient (Wildman–Crippen LogP) is 4.31. The zero-order chi connectivity index (χ0) is 26.3. The number of hydrogen-bond acceptors (Lipinski definition) is 6. The van der Waals surface area contributed by atoms with E-state index in [2.05, 4.69) is 26.2 Å². The highest BCUT2D eigenvalue weighted by molar-refractivity contribution is 5.75. The van der Waals surface area contributed by atoms with Crippen LogP contribution >= 0.6 is 0 Å². The molecule has 3 heterocycles. The summed E-state index contributed by atoms with van der Waals surface area (Å²) < 4.78 is 5.66. The van der Waals surface area contributed by atoms with E-state index in [4.69, 9.17) is 4.74 Å². The van der Waals surface area contributed by atoms with Gasteiger partial charge in [0.25, 0.3) is 0 Å². The van der Waals surface area contributed by atoms with Gasteiger partial charge in [-0.05, 0) is 77.0 Å². The van der Waals surface area contributed by atoms with Gasteiger partial charge in [0.05, 0.1) is 0 Å². The summed E-state index contributed by atoms with van der Waals surface area (Å²) >= 11 is 0. The van der Waals surface area contributed by atoms with E-state index >= 15 is 0 Å². The Labute approximate surface area is 223 Å². The van der Waals surface area contributed by atoms with Crippen LogP contribution in [-0.2, 0) is 9.53 Å². The van der Waals surface area contributed by atoms with Gasteiger partial charge in [-0.1, -0.05) is 25.3 Å². The number of urea groups is 1. The molecule has 0 bridgehead atoms. The molecule has 1 saturated carbocycles. The molecule has 2 aliphatic heterocycles. The first-order valence-corrected chi connectivity index (χ1v) is 14.4. The quantitative estimate of drug-likeness (QED) is 0.548. The van der Waals surface area contributed by atoms with Crippen molar-refractivity contribution < 1.29 is 14.3 Å². The van der Waals surface area contributed by atoms with Gasteiger partial charge in [-0.2, -0.15) is 0 Å². The average molecular weight is 514 g/mol. The number of amides is 2. The number of piperidine rings is 1. The molecule has 0 unspecified atom stereocenters. The lowest BCUT2D eigenvalue weighted by atomic mass is 9.81. The highest BCUT2D eigenvalue weighted by Gasteiger charge is 2.35. The van der Waals surface area contributed by atoms with Crippen LogP contribution in [-0.4, -0.2) is 84.2 Å². The number of pyridine rings is 1. The molecule has 0 spiro atoms. The lowest BCUT2D eigenvalue weighted by Gasteiger charge is -2.41. The van der Waals surface area contributed by atoms with Crippen molar-refractivity contribution in [1.82, 2.24) is 20.1 Å². The Hall–Kier alpha value is -2.35. The highest BCUT2D eigenvalue weighted by atomic mass is 16.6. The molecule has 1 N–H and O–H groups in total. The normalized spacial score (nSPS) is 24.1. The smallest absolute Gasteiger partial charge is 0.317 e. The molecule has 2 amide bonds. The fourth-order valence-electron chi connectivity index (χ4n) is 6.06. The maximum atomic E-state index is 13.1. The maximum absolute atomic E-state index is 13.1. The topological polar surface area (TPSA) is 78.0 Å². The summed E-state index contributed by atoms with van der Waals surface area (Å²) in [6, 6.07) is 6.47. The number of piperazine rings is 1. The van der Waals surface area contributed by atoms with Crippen molar-refractivity contribution in [3.8, 4) is 0 Å². The summed E-state index contributed by atoms with van der Waals surface area (Å²) in [6.45, 7) is 12.1. The Kier molecular flexibility index (Phi) is 9.68. The second-order valence-corrected chi connectivity index (χ2v) is 12.1. The van der Waals surface area contributed by atoms with E-state index in [1.165, 1.54) is 19.3 Å². The van der Waals surface area contributed by atoms with E-state index < -0.39 is 5.60 Å². The van der Waals surface area contributed by atoms with Crippen molar-refractivity contribution >= 4 is 17.8 Å². The zero-order valence-electron chi connectivity index (χ0n) is 23.2. The summed E-state index contributed by atoms with van der Waals surface area (Å²) in [5.41, 5.74) is -0.472. The molecule has 0 radical (unpaired) electrons. The number of nitrogens with one attached hydrogen (secondary N) is 1. The van der Waals surface area contributed by atoms with Gasteiger partial charge >= 0.3 is 12.0 Å². The van der Waals surface area contributed by atoms with Crippen molar-refractivity contribution in [2.75, 3.05) is 50.7 Å². The fraction of sp³-hybridized carbons (Fsp3) is 0.759. The molecule has 3 fully saturated rings. The number of esters is 1. The monoisotopic (exact) mass is 513 g/mol. The third-order valence-corrected chi connectivity index (χ3v) is 8.12. The Morgan fingerprint density at radius 3 is 2.43 bits per heavy atom. The van der Waals surface area contributed by atoms with Gasteiger partial charge in [-0.25, -0.2) is 9.78 Å². The highest BCUT2D eigenvalue weighted by Crippen LogP contribution is 2.31. The van der Waals surface area contributed by atoms with Crippen LogP contribution in [0.3, 0.4) is 0 Å². The van der Waals surface area contributed by atoms with Gasteiger partial charge < -0.3 is 19.9 Å². The summed E-state index contributed by atoms with van der Waals surface area (Å²) in [4.78, 5) is 37.2. The second-order valence-electron chi connectivity index (χ2n) is 12.1. The SMILES string of the molecule is CC(C)(C)OC(=O)C[C@@H]1CCN(C(=O)NC2CCCCC2)C[C@@H]1CCN1CCN(c2ccccn2)CC1. The number of carbonyl (C=O) groups is 2. The number of hydrogen-bond donors (Lipinski definition) is 1. The van der Waals surface area contributed by atoms with Crippen molar-refractivity contribution in [2.45, 2.75) is 83.8 Å². The number of likely N-dealkylation sites (tertiary alicyclic amines) is 1. The summed E-state index contributed by atoms with van der Waals surface area (Å²) in [5.74, 6) is 1.48. The van der Waals surface area contributed by atoms with Crippen LogP contribution in [0.1, 0.15) is 72.1 Å². The van der Waals surface area contributed by atoms with E-state index in [1.54, 1.807) is 0 Å².